The highest BCUT2D eigenvalue weighted by atomic mass is 79.9. The molecule has 3 aromatic carbocycles. The molecule has 0 saturated carbocycles. The Bertz CT molecular complexity index is 1040. The van der Waals surface area contributed by atoms with E-state index in [1.54, 1.807) is 11.9 Å². The molecule has 0 N–H and O–H groups in total. The molecule has 0 bridgehead atoms. The third-order valence-corrected chi connectivity index (χ3v) is 5.46. The zero-order valence-corrected chi connectivity index (χ0v) is 17.9. The predicted octanol–water partition coefficient (Wildman–Crippen LogP) is 6.25. The van der Waals surface area contributed by atoms with Gasteiger partial charge in [0.15, 0.2) is 0 Å². The molecule has 3 aromatic rings. The lowest BCUT2D eigenvalue weighted by atomic mass is 9.98. The number of hydrazone groups is 1. The maximum absolute atomic E-state index is 12.2. The number of benzene rings is 3. The summed E-state index contributed by atoms with van der Waals surface area (Å²) in [5.41, 5.74) is 4.22. The second-order valence-corrected chi connectivity index (χ2v) is 8.04. The van der Waals surface area contributed by atoms with E-state index in [0.29, 0.717) is 6.42 Å². The Morgan fingerprint density at radius 2 is 1.55 bits per heavy atom. The lowest BCUT2D eigenvalue weighted by Crippen LogP contribution is -2.24. The molecule has 1 aliphatic heterocycles. The van der Waals surface area contributed by atoms with Crippen LogP contribution in [0.2, 0.25) is 0 Å². The number of amides is 1. The fourth-order valence-corrected chi connectivity index (χ4v) is 3.64. The van der Waals surface area contributed by atoms with Crippen LogP contribution >= 0.6 is 15.9 Å². The summed E-state index contributed by atoms with van der Waals surface area (Å²) < 4.78 is 6.91. The SMILES string of the molecule is CC(=O)N1N=C(c2ccc(C)cc2)CC1c1ccc(Oc2ccc(Br)cc2)cc1. The van der Waals surface area contributed by atoms with Crippen molar-refractivity contribution in [1.29, 1.82) is 0 Å². The number of rotatable bonds is 4. The summed E-state index contributed by atoms with van der Waals surface area (Å²) >= 11 is 3.42. The van der Waals surface area contributed by atoms with Gasteiger partial charge in [-0.3, -0.25) is 4.79 Å². The van der Waals surface area contributed by atoms with Crippen molar-refractivity contribution in [3.8, 4) is 11.5 Å². The Hall–Kier alpha value is -2.92. The number of hydrogen-bond acceptors (Lipinski definition) is 3. The van der Waals surface area contributed by atoms with Crippen LogP contribution in [0.1, 0.15) is 36.1 Å². The molecule has 0 radical (unpaired) electrons. The third-order valence-electron chi connectivity index (χ3n) is 4.93. The van der Waals surface area contributed by atoms with Crippen LogP contribution in [0.25, 0.3) is 0 Å². The van der Waals surface area contributed by atoms with E-state index >= 15 is 0 Å². The van der Waals surface area contributed by atoms with Gasteiger partial charge in [0.25, 0.3) is 0 Å². The number of halogens is 1. The summed E-state index contributed by atoms with van der Waals surface area (Å²) in [6, 6.07) is 23.7. The number of nitrogens with zero attached hydrogens (tertiary/aromatic N) is 2. The first-order valence-electron chi connectivity index (χ1n) is 9.47. The fraction of sp³-hybridized carbons (Fsp3) is 0.167. The highest BCUT2D eigenvalue weighted by Crippen LogP contribution is 2.34. The molecule has 5 heteroatoms. The first-order valence-corrected chi connectivity index (χ1v) is 10.3. The number of aryl methyl sites for hydroxylation is 1. The van der Waals surface area contributed by atoms with Gasteiger partial charge in [0.2, 0.25) is 5.91 Å². The van der Waals surface area contributed by atoms with E-state index in [1.165, 1.54) is 5.56 Å². The zero-order chi connectivity index (χ0) is 20.4. The number of ether oxygens (including phenoxy) is 1. The molecule has 0 saturated heterocycles. The molecule has 0 fully saturated rings. The van der Waals surface area contributed by atoms with Crippen LogP contribution < -0.4 is 4.74 Å². The largest absolute Gasteiger partial charge is 0.457 e. The van der Waals surface area contributed by atoms with Crippen molar-refractivity contribution in [1.82, 2.24) is 5.01 Å². The molecule has 1 atom stereocenters. The standard InChI is InChI=1S/C24H21BrN2O2/c1-16-3-5-18(6-4-16)23-15-24(27(26-23)17(2)28)19-7-11-21(12-8-19)29-22-13-9-20(25)10-14-22/h3-14,24H,15H2,1-2H3. The number of carbonyl (C=O) groups excluding carboxylic acids is 1. The van der Waals surface area contributed by atoms with Crippen LogP contribution in [-0.2, 0) is 4.79 Å². The second kappa shape index (κ2) is 8.21. The van der Waals surface area contributed by atoms with Crippen molar-refractivity contribution in [3.05, 3.63) is 94.0 Å². The van der Waals surface area contributed by atoms with E-state index in [2.05, 4.69) is 52.2 Å². The molecule has 1 aliphatic rings. The van der Waals surface area contributed by atoms with Crippen molar-refractivity contribution < 1.29 is 9.53 Å². The van der Waals surface area contributed by atoms with Gasteiger partial charge in [-0.25, -0.2) is 5.01 Å². The Balaban J connectivity index is 1.53. The van der Waals surface area contributed by atoms with Gasteiger partial charge in [-0.15, -0.1) is 0 Å². The van der Waals surface area contributed by atoms with Crippen molar-refractivity contribution in [3.63, 3.8) is 0 Å². The van der Waals surface area contributed by atoms with Crippen molar-refractivity contribution in [2.45, 2.75) is 26.3 Å². The molecule has 1 unspecified atom stereocenters. The van der Waals surface area contributed by atoms with Crippen LogP contribution in [0, 0.1) is 6.92 Å². The molecular weight excluding hydrogens is 428 g/mol. The Morgan fingerprint density at radius 3 is 2.14 bits per heavy atom. The molecule has 4 rings (SSSR count). The van der Waals surface area contributed by atoms with Gasteiger partial charge in [-0.05, 0) is 54.4 Å². The smallest absolute Gasteiger partial charge is 0.240 e. The highest BCUT2D eigenvalue weighted by Gasteiger charge is 2.31. The molecule has 1 heterocycles. The predicted molar refractivity (Wildman–Crippen MR) is 118 cm³/mol. The van der Waals surface area contributed by atoms with Crippen molar-refractivity contribution in [2.24, 2.45) is 5.10 Å². The summed E-state index contributed by atoms with van der Waals surface area (Å²) in [7, 11) is 0. The van der Waals surface area contributed by atoms with Crippen LogP contribution in [0.3, 0.4) is 0 Å². The maximum Gasteiger partial charge on any atom is 0.240 e. The van der Waals surface area contributed by atoms with E-state index in [9.17, 15) is 4.79 Å². The van der Waals surface area contributed by atoms with Gasteiger partial charge < -0.3 is 4.74 Å². The van der Waals surface area contributed by atoms with Gasteiger partial charge in [-0.2, -0.15) is 5.10 Å². The highest BCUT2D eigenvalue weighted by molar-refractivity contribution is 9.10. The van der Waals surface area contributed by atoms with E-state index in [4.69, 9.17) is 4.74 Å². The normalized spacial score (nSPS) is 15.9. The van der Waals surface area contributed by atoms with Gasteiger partial charge in [0, 0.05) is 17.8 Å². The lowest BCUT2D eigenvalue weighted by molar-refractivity contribution is -0.130. The van der Waals surface area contributed by atoms with E-state index in [1.807, 2.05) is 48.5 Å². The zero-order valence-electron chi connectivity index (χ0n) is 16.3. The van der Waals surface area contributed by atoms with Gasteiger partial charge in [0.05, 0.1) is 11.8 Å². The molecule has 0 spiro atoms. The van der Waals surface area contributed by atoms with E-state index in [-0.39, 0.29) is 11.9 Å². The van der Waals surface area contributed by atoms with Crippen LogP contribution in [0.4, 0.5) is 0 Å². The van der Waals surface area contributed by atoms with Gasteiger partial charge >= 0.3 is 0 Å². The first-order chi connectivity index (χ1) is 14.0. The number of hydrogen-bond donors (Lipinski definition) is 0. The molecule has 0 aromatic heterocycles. The summed E-state index contributed by atoms with van der Waals surface area (Å²) in [6.07, 6.45) is 0.690. The third kappa shape index (κ3) is 4.40. The first kappa shape index (κ1) is 19.4. The Kier molecular flexibility index (Phi) is 5.49. The van der Waals surface area contributed by atoms with Crippen LogP contribution in [0.15, 0.2) is 82.4 Å². The molecule has 29 heavy (non-hydrogen) atoms. The second-order valence-electron chi connectivity index (χ2n) is 7.12. The summed E-state index contributed by atoms with van der Waals surface area (Å²) in [5, 5.41) is 6.19. The monoisotopic (exact) mass is 448 g/mol. The molecular formula is C24H21BrN2O2. The molecule has 0 aliphatic carbocycles. The van der Waals surface area contributed by atoms with E-state index < -0.39 is 0 Å². The average molecular weight is 449 g/mol. The fourth-order valence-electron chi connectivity index (χ4n) is 3.38. The maximum atomic E-state index is 12.2. The minimum absolute atomic E-state index is 0.0627. The minimum Gasteiger partial charge on any atom is -0.457 e. The van der Waals surface area contributed by atoms with Gasteiger partial charge in [0.1, 0.15) is 11.5 Å². The molecule has 4 nitrogen and oxygen atoms in total. The quantitative estimate of drug-likeness (QED) is 0.473. The van der Waals surface area contributed by atoms with Crippen molar-refractivity contribution in [2.75, 3.05) is 0 Å². The van der Waals surface area contributed by atoms with Crippen LogP contribution in [0.5, 0.6) is 11.5 Å². The lowest BCUT2D eigenvalue weighted by Gasteiger charge is -2.20. The minimum atomic E-state index is -0.106. The van der Waals surface area contributed by atoms with Gasteiger partial charge in [-0.1, -0.05) is 57.9 Å². The van der Waals surface area contributed by atoms with Crippen molar-refractivity contribution >= 4 is 27.5 Å². The average Bonchev–Trinajstić information content (AvgIpc) is 3.17. The summed E-state index contributed by atoms with van der Waals surface area (Å²) in [5.74, 6) is 1.47. The summed E-state index contributed by atoms with van der Waals surface area (Å²) in [6.45, 7) is 3.61. The summed E-state index contributed by atoms with van der Waals surface area (Å²) in [4.78, 5) is 12.2. The molecule has 146 valence electrons. The topological polar surface area (TPSA) is 41.9 Å². The Labute approximate surface area is 178 Å². The Morgan fingerprint density at radius 1 is 0.966 bits per heavy atom. The van der Waals surface area contributed by atoms with Crippen LogP contribution in [-0.4, -0.2) is 16.6 Å². The number of carbonyl (C=O) groups is 1. The van der Waals surface area contributed by atoms with E-state index in [0.717, 1.165) is 32.8 Å². The molecule has 1 amide bonds.